The molecule has 0 saturated carbocycles. The van der Waals surface area contributed by atoms with Crippen molar-refractivity contribution in [2.45, 2.75) is 13.3 Å². The maximum absolute atomic E-state index is 13.9. The van der Waals surface area contributed by atoms with E-state index in [0.29, 0.717) is 22.6 Å². The molecular formula is C24H22FN5. The first-order chi connectivity index (χ1) is 14.6. The summed E-state index contributed by atoms with van der Waals surface area (Å²) in [6, 6.07) is 16.1. The molecule has 0 aliphatic rings. The van der Waals surface area contributed by atoms with Crippen LogP contribution in [0.1, 0.15) is 24.5 Å². The first kappa shape index (κ1) is 19.5. The van der Waals surface area contributed by atoms with Gasteiger partial charge in [-0.05, 0) is 36.8 Å². The summed E-state index contributed by atoms with van der Waals surface area (Å²) in [7, 11) is 0. The summed E-state index contributed by atoms with van der Waals surface area (Å²) in [5, 5.41) is 6.40. The van der Waals surface area contributed by atoms with E-state index >= 15 is 0 Å². The summed E-state index contributed by atoms with van der Waals surface area (Å²) < 4.78 is 13.9. The smallest absolute Gasteiger partial charge is 0.163 e. The van der Waals surface area contributed by atoms with E-state index in [1.807, 2.05) is 30.3 Å². The third-order valence-corrected chi connectivity index (χ3v) is 4.77. The van der Waals surface area contributed by atoms with Crippen LogP contribution in [0, 0.1) is 5.82 Å². The van der Waals surface area contributed by atoms with Gasteiger partial charge in [0.25, 0.3) is 0 Å². The number of hydrogen-bond donors (Lipinski definition) is 2. The van der Waals surface area contributed by atoms with E-state index in [1.165, 1.54) is 12.1 Å². The standard InChI is InChI=1S/C24H22FN5/c1-3-12-27-21-11-10-16(25)14-20(21)15(2)29-23(26)19-9-6-13-28-24(19)30-22-17-7-4-5-8-18(17)22/h4-11,13-14,27H,2-3,12H2,1H3,(H2,26,29). The summed E-state index contributed by atoms with van der Waals surface area (Å²) in [5.74, 6) is 0.353. The molecule has 0 atom stereocenters. The highest BCUT2D eigenvalue weighted by molar-refractivity contribution is 6.04. The predicted octanol–water partition coefficient (Wildman–Crippen LogP) is 4.68. The second kappa shape index (κ2) is 8.29. The van der Waals surface area contributed by atoms with E-state index in [2.05, 4.69) is 33.8 Å². The van der Waals surface area contributed by atoms with E-state index in [1.54, 1.807) is 18.3 Å². The molecule has 0 saturated heterocycles. The minimum absolute atomic E-state index is 0.225. The molecule has 4 rings (SSSR count). The molecule has 0 bridgehead atoms. The highest BCUT2D eigenvalue weighted by Gasteiger charge is 2.13. The zero-order chi connectivity index (χ0) is 21.1. The maximum Gasteiger partial charge on any atom is 0.163 e. The van der Waals surface area contributed by atoms with Gasteiger partial charge in [-0.15, -0.1) is 0 Å². The minimum Gasteiger partial charge on any atom is -0.385 e. The number of nitrogens with one attached hydrogen (secondary N) is 1. The Labute approximate surface area is 174 Å². The number of rotatable bonds is 7. The molecule has 0 unspecified atom stereocenters. The van der Waals surface area contributed by atoms with Crippen molar-refractivity contribution in [3.63, 3.8) is 0 Å². The number of hydrogen-bond acceptors (Lipinski definition) is 4. The lowest BCUT2D eigenvalue weighted by molar-refractivity contribution is 0.627. The van der Waals surface area contributed by atoms with E-state index in [0.717, 1.165) is 34.8 Å². The fraction of sp³-hybridized carbons (Fsp3) is 0.125. The third kappa shape index (κ3) is 3.98. The number of anilines is 1. The molecule has 0 amide bonds. The molecule has 0 radical (unpaired) electrons. The van der Waals surface area contributed by atoms with Gasteiger partial charge in [0, 0.05) is 34.8 Å². The number of nitrogens with two attached hydrogens (primary N) is 1. The zero-order valence-electron chi connectivity index (χ0n) is 16.7. The maximum atomic E-state index is 13.9. The van der Waals surface area contributed by atoms with Crippen molar-refractivity contribution in [1.29, 1.82) is 0 Å². The second-order valence-corrected chi connectivity index (χ2v) is 6.94. The fourth-order valence-corrected chi connectivity index (χ4v) is 3.19. The first-order valence-corrected chi connectivity index (χ1v) is 9.79. The van der Waals surface area contributed by atoms with Crippen LogP contribution in [0.4, 0.5) is 15.9 Å². The number of amidine groups is 1. The van der Waals surface area contributed by atoms with E-state index < -0.39 is 0 Å². The van der Waals surface area contributed by atoms with E-state index in [4.69, 9.17) is 5.73 Å². The van der Waals surface area contributed by atoms with Gasteiger partial charge in [0.2, 0.25) is 0 Å². The summed E-state index contributed by atoms with van der Waals surface area (Å²) in [6.45, 7) is 6.83. The Hall–Kier alpha value is -3.80. The lowest BCUT2D eigenvalue weighted by Crippen LogP contribution is -2.14. The van der Waals surface area contributed by atoms with Gasteiger partial charge in [-0.2, -0.15) is 0 Å². The lowest BCUT2D eigenvalue weighted by Gasteiger charge is -2.12. The molecule has 150 valence electrons. The summed E-state index contributed by atoms with van der Waals surface area (Å²) in [4.78, 5) is 13.5. The third-order valence-electron chi connectivity index (χ3n) is 4.77. The van der Waals surface area contributed by atoms with Crippen molar-refractivity contribution < 1.29 is 4.39 Å². The highest BCUT2D eigenvalue weighted by Crippen LogP contribution is 2.26. The van der Waals surface area contributed by atoms with Crippen molar-refractivity contribution in [2.75, 3.05) is 11.9 Å². The molecule has 0 aliphatic heterocycles. The highest BCUT2D eigenvalue weighted by atomic mass is 19.1. The molecule has 5 nitrogen and oxygen atoms in total. The van der Waals surface area contributed by atoms with E-state index in [9.17, 15) is 4.39 Å². The van der Waals surface area contributed by atoms with Gasteiger partial charge < -0.3 is 11.1 Å². The number of halogens is 1. The molecule has 1 aromatic heterocycles. The number of nitrogens with zero attached hydrogens (tertiary/aromatic N) is 3. The molecule has 4 aromatic rings. The van der Waals surface area contributed by atoms with Crippen LogP contribution < -0.4 is 16.4 Å². The molecule has 0 aliphatic carbocycles. The Balaban J connectivity index is 1.69. The van der Waals surface area contributed by atoms with Crippen LogP contribution in [0.5, 0.6) is 0 Å². The number of aromatic nitrogens is 1. The topological polar surface area (TPSA) is 75.7 Å². The molecule has 3 aromatic carbocycles. The van der Waals surface area contributed by atoms with Gasteiger partial charge in [-0.1, -0.05) is 37.8 Å². The lowest BCUT2D eigenvalue weighted by atomic mass is 10.1. The quantitative estimate of drug-likeness (QED) is 0.350. The van der Waals surface area contributed by atoms with Crippen LogP contribution in [0.25, 0.3) is 16.5 Å². The Kier molecular flexibility index (Phi) is 5.39. The Bertz CT molecular complexity index is 1250. The van der Waals surface area contributed by atoms with Gasteiger partial charge in [0.1, 0.15) is 11.7 Å². The largest absolute Gasteiger partial charge is 0.385 e. The van der Waals surface area contributed by atoms with Crippen LogP contribution >= 0.6 is 0 Å². The monoisotopic (exact) mass is 399 g/mol. The van der Waals surface area contributed by atoms with Crippen LogP contribution in [0.3, 0.4) is 0 Å². The molecule has 0 spiro atoms. The minimum atomic E-state index is -0.359. The van der Waals surface area contributed by atoms with Crippen LogP contribution in [-0.4, -0.2) is 17.4 Å². The van der Waals surface area contributed by atoms with Gasteiger partial charge >= 0.3 is 0 Å². The van der Waals surface area contributed by atoms with Crippen molar-refractivity contribution in [3.8, 4) is 0 Å². The summed E-state index contributed by atoms with van der Waals surface area (Å²) >= 11 is 0. The van der Waals surface area contributed by atoms with Gasteiger partial charge in [0.05, 0.1) is 16.6 Å². The van der Waals surface area contributed by atoms with Crippen molar-refractivity contribution in [1.82, 2.24) is 4.98 Å². The Morgan fingerprint density at radius 3 is 2.60 bits per heavy atom. The van der Waals surface area contributed by atoms with Crippen molar-refractivity contribution in [2.24, 2.45) is 15.7 Å². The number of benzene rings is 2. The average molecular weight is 399 g/mol. The molecule has 1 heterocycles. The normalized spacial score (nSPS) is 11.7. The fourth-order valence-electron chi connectivity index (χ4n) is 3.19. The molecule has 30 heavy (non-hydrogen) atoms. The van der Waals surface area contributed by atoms with Crippen molar-refractivity contribution in [3.05, 3.63) is 89.7 Å². The van der Waals surface area contributed by atoms with Crippen molar-refractivity contribution >= 4 is 33.8 Å². The Morgan fingerprint density at radius 1 is 1.10 bits per heavy atom. The number of aliphatic imine (C=N–C) groups is 1. The van der Waals surface area contributed by atoms with Gasteiger partial charge in [-0.25, -0.2) is 19.4 Å². The second-order valence-electron chi connectivity index (χ2n) is 6.94. The molecule has 6 heteroatoms. The van der Waals surface area contributed by atoms with Crippen LogP contribution in [0.2, 0.25) is 0 Å². The molecular weight excluding hydrogens is 377 g/mol. The summed E-state index contributed by atoms with van der Waals surface area (Å²) in [5.41, 5.74) is 8.58. The number of pyridine rings is 1. The van der Waals surface area contributed by atoms with Crippen LogP contribution in [0.15, 0.2) is 77.4 Å². The van der Waals surface area contributed by atoms with Crippen LogP contribution in [-0.2, 0) is 0 Å². The Morgan fingerprint density at radius 2 is 1.87 bits per heavy atom. The summed E-state index contributed by atoms with van der Waals surface area (Å²) in [6.07, 6.45) is 2.61. The van der Waals surface area contributed by atoms with E-state index in [-0.39, 0.29) is 11.7 Å². The first-order valence-electron chi connectivity index (χ1n) is 9.79. The molecule has 3 N–H and O–H groups in total. The van der Waals surface area contributed by atoms with Gasteiger partial charge in [0.15, 0.2) is 5.82 Å². The average Bonchev–Trinajstić information content (AvgIpc) is 3.45. The van der Waals surface area contributed by atoms with Gasteiger partial charge in [-0.3, -0.25) is 0 Å². The molecule has 0 fully saturated rings. The predicted molar refractivity (Wildman–Crippen MR) is 121 cm³/mol. The zero-order valence-corrected chi connectivity index (χ0v) is 16.7. The SMILES string of the molecule is C=C(N=C(N)c1cccnc1N=c1c2ccccc12)c1cc(F)ccc1NCCC. The number of fused-ring (bicyclic) bond motifs is 1.